The number of pyridine rings is 1. The molecule has 15 nitrogen and oxygen atoms in total. The number of piperidine rings is 1. The monoisotopic (exact) mass is 1160 g/mol. The zero-order chi connectivity index (χ0) is 59.8. The summed E-state index contributed by atoms with van der Waals surface area (Å²) in [4.78, 5) is 61.2. The van der Waals surface area contributed by atoms with Gasteiger partial charge < -0.3 is 45.6 Å². The van der Waals surface area contributed by atoms with Gasteiger partial charge in [-0.05, 0) is 110 Å². The van der Waals surface area contributed by atoms with E-state index in [1.807, 2.05) is 32.9 Å². The number of benzene rings is 3. The highest BCUT2D eigenvalue weighted by molar-refractivity contribution is 6.03. The van der Waals surface area contributed by atoms with Crippen molar-refractivity contribution in [3.8, 4) is 35.4 Å². The molecule has 6 heterocycles. The van der Waals surface area contributed by atoms with Crippen LogP contribution in [0.15, 0.2) is 72.5 Å². The van der Waals surface area contributed by atoms with E-state index in [9.17, 15) is 24.6 Å². The molecule has 3 aromatic carbocycles. The summed E-state index contributed by atoms with van der Waals surface area (Å²) in [6.45, 7) is 12.4. The summed E-state index contributed by atoms with van der Waals surface area (Å²) in [5, 5.41) is 32.2. The van der Waals surface area contributed by atoms with Crippen LogP contribution in [-0.2, 0) is 20.9 Å². The van der Waals surface area contributed by atoms with Crippen molar-refractivity contribution in [3.63, 3.8) is 0 Å². The summed E-state index contributed by atoms with van der Waals surface area (Å²) in [6, 6.07) is 12.8. The minimum absolute atomic E-state index is 0.0390. The number of terminal acetylenes is 1. The first-order chi connectivity index (χ1) is 41.0. The van der Waals surface area contributed by atoms with Crippen molar-refractivity contribution in [2.75, 3.05) is 44.2 Å². The van der Waals surface area contributed by atoms with Crippen LogP contribution in [0.4, 0.5) is 14.6 Å². The number of aromatic nitrogens is 3. The lowest BCUT2D eigenvalue weighted by Crippen LogP contribution is -2.57. The fourth-order valence-electron chi connectivity index (χ4n) is 13.3. The SMILES string of the molecule is C#Cc1c(F)ccc2cc(O)cc(-c3ncc4c(N5CC6CCC(C5)N6)nc(OC5CCN(CCCCCCCCCCCCCC(=O)NC(C(=O)N6C[C@H](O)C[C@H]6C(=O)NCc6ccc(C7=C(C)C=CC7)cc6)C(C)(C)C)CC5)nc4c3F)c12. The largest absolute Gasteiger partial charge is 0.508 e. The van der Waals surface area contributed by atoms with E-state index in [4.69, 9.17) is 21.1 Å². The van der Waals surface area contributed by atoms with Gasteiger partial charge in [-0.1, -0.05) is 127 Å². The highest BCUT2D eigenvalue weighted by Gasteiger charge is 2.44. The van der Waals surface area contributed by atoms with Crippen molar-refractivity contribution in [1.82, 2.24) is 40.7 Å². The number of unbranched alkanes of at least 4 members (excludes halogenated alkanes) is 10. The Hall–Kier alpha value is -7.00. The van der Waals surface area contributed by atoms with Crippen LogP contribution in [-0.4, -0.2) is 128 Å². The second kappa shape index (κ2) is 27.6. The van der Waals surface area contributed by atoms with E-state index < -0.39 is 35.2 Å². The van der Waals surface area contributed by atoms with Gasteiger partial charge >= 0.3 is 6.01 Å². The van der Waals surface area contributed by atoms with Gasteiger partial charge in [0.2, 0.25) is 17.7 Å². The summed E-state index contributed by atoms with van der Waals surface area (Å²) in [7, 11) is 0. The van der Waals surface area contributed by atoms with Gasteiger partial charge in [-0.2, -0.15) is 9.97 Å². The molecule has 1 aliphatic carbocycles. The molecular formula is C68H85F2N9O6. The smallest absolute Gasteiger partial charge is 0.319 e. The van der Waals surface area contributed by atoms with Crippen molar-refractivity contribution >= 4 is 50.8 Å². The molecule has 4 fully saturated rings. The Labute approximate surface area is 499 Å². The molecule has 5 aliphatic rings. The number of ether oxygens (including phenoxy) is 1. The Morgan fingerprint density at radius 3 is 2.22 bits per heavy atom. The number of piperazine rings is 1. The van der Waals surface area contributed by atoms with Crippen molar-refractivity contribution in [2.24, 2.45) is 5.41 Å². The Bertz CT molecular complexity index is 3320. The number of anilines is 1. The first kappa shape index (κ1) is 61.1. The van der Waals surface area contributed by atoms with E-state index in [0.29, 0.717) is 54.7 Å². The molecule has 10 rings (SSSR count). The number of halogens is 2. The number of phenols is 1. The van der Waals surface area contributed by atoms with Crippen LogP contribution in [0.25, 0.3) is 38.5 Å². The van der Waals surface area contributed by atoms with Gasteiger partial charge in [0.1, 0.15) is 46.8 Å². The van der Waals surface area contributed by atoms with Gasteiger partial charge in [0, 0.05) is 81.3 Å². The van der Waals surface area contributed by atoms with Gasteiger partial charge in [-0.15, -0.1) is 6.42 Å². The molecule has 5 atom stereocenters. The number of carbonyl (C=O) groups excluding carboxylic acids is 3. The van der Waals surface area contributed by atoms with Gasteiger partial charge in [-0.25, -0.2) is 8.78 Å². The normalized spacial score (nSPS) is 20.4. The Morgan fingerprint density at radius 1 is 0.882 bits per heavy atom. The Kier molecular flexibility index (Phi) is 19.8. The number of nitrogens with zero attached hydrogens (tertiary/aromatic N) is 6. The fraction of sp³-hybridized carbons (Fsp3) is 0.529. The molecule has 2 aromatic heterocycles. The molecule has 0 spiro atoms. The molecule has 3 unspecified atom stereocenters. The van der Waals surface area contributed by atoms with Crippen LogP contribution in [0, 0.1) is 29.4 Å². The maximum atomic E-state index is 17.1. The number of aromatic hydroxyl groups is 1. The highest BCUT2D eigenvalue weighted by Crippen LogP contribution is 2.40. The van der Waals surface area contributed by atoms with E-state index in [1.165, 1.54) is 78.8 Å². The number of nitrogens with one attached hydrogen (secondary N) is 3. The van der Waals surface area contributed by atoms with Gasteiger partial charge in [0.15, 0.2) is 5.82 Å². The third kappa shape index (κ3) is 14.8. The molecular weight excluding hydrogens is 1080 g/mol. The maximum Gasteiger partial charge on any atom is 0.319 e. The number of carbonyl (C=O) groups is 3. The molecule has 17 heteroatoms. The average molecular weight is 1160 g/mol. The minimum Gasteiger partial charge on any atom is -0.508 e. The van der Waals surface area contributed by atoms with Crippen LogP contribution in [0.1, 0.15) is 160 Å². The first-order valence-corrected chi connectivity index (χ1v) is 31.2. The number of hydrogen-bond acceptors (Lipinski definition) is 12. The maximum absolute atomic E-state index is 17.1. The standard InChI is InChI=1S/C68H85F2N9O6/c1-6-52-56(69)29-26-46-35-49(80)36-54(59(46)52)61-60(70)62-55(39-71-61)64(78-40-47-27-28-48(41-78)73-47)76-67(75-62)85-51-30-33-77(34-31-51)32-17-15-13-11-9-7-8-10-12-14-16-21-58(82)74-63(68(3,4)5)66(84)79-42-50(81)37-57(79)65(83)72-38-44-22-24-45(25-23-44)53-20-18-19-43(53)2/h1,18-19,22-26,29,35-36,39,47-48,50-51,57,63,73,80-81H,7-17,20-21,27-28,30-34,37-38,40-42H2,2-5H3,(H,72,83)(H,74,82)/t47?,48?,50-,57+,63?/m1/s1. The number of phenolic OH excluding ortho intramolecular Hbond substituents is 1. The topological polar surface area (TPSA) is 185 Å². The van der Waals surface area contributed by atoms with Crippen LogP contribution in [0.3, 0.4) is 0 Å². The number of rotatable bonds is 24. The number of fused-ring (bicyclic) bond motifs is 4. The van der Waals surface area contributed by atoms with E-state index in [2.05, 4.69) is 67.9 Å². The average Bonchev–Trinajstić information content (AvgIpc) is 1.76. The second-order valence-electron chi connectivity index (χ2n) is 25.5. The molecule has 4 saturated heterocycles. The fourth-order valence-corrected chi connectivity index (χ4v) is 13.3. The molecule has 5 N–H and O–H groups in total. The van der Waals surface area contributed by atoms with Crippen LogP contribution in [0.5, 0.6) is 11.8 Å². The summed E-state index contributed by atoms with van der Waals surface area (Å²) in [5.41, 5.74) is 4.13. The quantitative estimate of drug-likeness (QED) is 0.0291. The zero-order valence-corrected chi connectivity index (χ0v) is 50.0. The molecule has 85 heavy (non-hydrogen) atoms. The third-order valence-electron chi connectivity index (χ3n) is 18.0. The third-order valence-corrected chi connectivity index (χ3v) is 18.0. The van der Waals surface area contributed by atoms with Crippen molar-refractivity contribution < 1.29 is 38.1 Å². The number of likely N-dealkylation sites (tertiary alicyclic amines) is 2. The van der Waals surface area contributed by atoms with E-state index >= 15 is 8.78 Å². The van der Waals surface area contributed by atoms with Crippen molar-refractivity contribution in [3.05, 3.63) is 101 Å². The van der Waals surface area contributed by atoms with E-state index in [-0.39, 0.29) is 76.3 Å². The summed E-state index contributed by atoms with van der Waals surface area (Å²) >= 11 is 0. The molecule has 4 aliphatic heterocycles. The molecule has 0 saturated carbocycles. The zero-order valence-electron chi connectivity index (χ0n) is 50.0. The predicted octanol–water partition coefficient (Wildman–Crippen LogP) is 10.8. The first-order valence-electron chi connectivity index (χ1n) is 31.2. The van der Waals surface area contributed by atoms with Crippen LogP contribution < -0.4 is 25.6 Å². The lowest BCUT2D eigenvalue weighted by molar-refractivity contribution is -0.144. The molecule has 3 amide bonds. The minimum atomic E-state index is -0.839. The summed E-state index contributed by atoms with van der Waals surface area (Å²) < 4.78 is 38.6. The molecule has 452 valence electrons. The lowest BCUT2D eigenvalue weighted by atomic mass is 9.85. The number of aliphatic hydroxyl groups excluding tert-OH is 1. The van der Waals surface area contributed by atoms with Gasteiger partial charge in [-0.3, -0.25) is 19.4 Å². The second-order valence-corrected chi connectivity index (χ2v) is 25.5. The highest BCUT2D eigenvalue weighted by atomic mass is 19.1. The van der Waals surface area contributed by atoms with Crippen molar-refractivity contribution in [2.45, 2.75) is 186 Å². The Balaban J connectivity index is 0.611. The van der Waals surface area contributed by atoms with Gasteiger partial charge in [0.05, 0.1) is 17.1 Å². The molecule has 2 bridgehead atoms. The number of hydrogen-bond donors (Lipinski definition) is 5. The molecule has 5 aromatic rings. The lowest BCUT2D eigenvalue weighted by Gasteiger charge is -2.35. The van der Waals surface area contributed by atoms with Crippen LogP contribution >= 0.6 is 0 Å². The summed E-state index contributed by atoms with van der Waals surface area (Å²) in [6.07, 6.45) is 27.9. The number of aliphatic hydroxyl groups is 1. The van der Waals surface area contributed by atoms with Crippen molar-refractivity contribution in [1.29, 1.82) is 0 Å². The van der Waals surface area contributed by atoms with Crippen LogP contribution in [0.2, 0.25) is 0 Å². The number of β-amino-alcohol motifs (C(OH)–C–C–N with tert-alkyl or cyclic N) is 1. The molecule has 0 radical (unpaired) electrons. The number of allylic oxidation sites excluding steroid dienone is 4. The number of amides is 3. The van der Waals surface area contributed by atoms with Gasteiger partial charge in [0.25, 0.3) is 0 Å². The van der Waals surface area contributed by atoms with E-state index in [1.54, 1.807) is 6.20 Å². The predicted molar refractivity (Wildman–Crippen MR) is 330 cm³/mol. The Morgan fingerprint density at radius 2 is 1.56 bits per heavy atom. The van der Waals surface area contributed by atoms with E-state index in [0.717, 1.165) is 95.0 Å². The summed E-state index contributed by atoms with van der Waals surface area (Å²) in [5.74, 6) is 0.659.